The number of aromatic nitrogens is 1. The van der Waals surface area contributed by atoms with E-state index in [2.05, 4.69) is 46.4 Å². The van der Waals surface area contributed by atoms with Gasteiger partial charge in [-0.15, -0.1) is 0 Å². The van der Waals surface area contributed by atoms with Crippen molar-refractivity contribution in [3.63, 3.8) is 0 Å². The monoisotopic (exact) mass is 423 g/mol. The maximum atomic E-state index is 12.9. The van der Waals surface area contributed by atoms with E-state index in [4.69, 9.17) is 11.6 Å². The lowest BCUT2D eigenvalue weighted by atomic mass is 10.1. The Balaban J connectivity index is 1.38. The number of rotatable bonds is 7. The van der Waals surface area contributed by atoms with Crippen molar-refractivity contribution in [1.29, 1.82) is 0 Å². The molecule has 1 amide bonds. The summed E-state index contributed by atoms with van der Waals surface area (Å²) in [5.41, 5.74) is 5.23. The van der Waals surface area contributed by atoms with Crippen LogP contribution in [0.1, 0.15) is 54.2 Å². The van der Waals surface area contributed by atoms with E-state index in [0.29, 0.717) is 17.3 Å². The molecule has 1 aromatic heterocycles. The number of nitrogens with zero attached hydrogens (tertiary/aromatic N) is 1. The van der Waals surface area contributed by atoms with Crippen LogP contribution in [-0.2, 0) is 12.8 Å². The van der Waals surface area contributed by atoms with Gasteiger partial charge in [-0.1, -0.05) is 37.1 Å². The number of carbonyl (C=O) groups is 1. The number of anilines is 1. The molecule has 2 N–H and O–H groups in total. The van der Waals surface area contributed by atoms with Crippen LogP contribution in [0.5, 0.6) is 0 Å². The van der Waals surface area contributed by atoms with Gasteiger partial charge in [0.15, 0.2) is 0 Å². The fourth-order valence-electron chi connectivity index (χ4n) is 4.36. The van der Waals surface area contributed by atoms with Crippen LogP contribution < -0.4 is 10.2 Å². The molecule has 2 aromatic carbocycles. The van der Waals surface area contributed by atoms with Gasteiger partial charge in [-0.05, 0) is 73.6 Å². The molecule has 0 bridgehead atoms. The number of halogens is 1. The summed E-state index contributed by atoms with van der Waals surface area (Å²) in [5, 5.41) is 4.82. The second kappa shape index (κ2) is 9.57. The molecule has 0 aliphatic carbocycles. The Kier molecular flexibility index (Phi) is 6.63. The molecule has 158 valence electrons. The first kappa shape index (κ1) is 20.8. The van der Waals surface area contributed by atoms with Crippen LogP contribution in [0, 0.1) is 0 Å². The molecule has 0 spiro atoms. The largest absolute Gasteiger partial charge is 0.372 e. The van der Waals surface area contributed by atoms with E-state index in [-0.39, 0.29) is 5.91 Å². The van der Waals surface area contributed by atoms with Gasteiger partial charge in [0, 0.05) is 41.2 Å². The molecule has 4 nitrogen and oxygen atoms in total. The highest BCUT2D eigenvalue weighted by Crippen LogP contribution is 2.27. The number of piperidine rings is 1. The molecule has 0 unspecified atom stereocenters. The first-order chi connectivity index (χ1) is 14.7. The fraction of sp³-hybridized carbons (Fsp3) is 0.400. The van der Waals surface area contributed by atoms with E-state index >= 15 is 0 Å². The summed E-state index contributed by atoms with van der Waals surface area (Å²) >= 11 is 6.17. The SMILES string of the molecule is CCCc1c(C(=O)NCCc2ccc(N3CCCCC3)cc2)[nH]c2ccc(Cl)cc12. The topological polar surface area (TPSA) is 48.1 Å². The van der Waals surface area contributed by atoms with Gasteiger partial charge in [-0.25, -0.2) is 0 Å². The average molecular weight is 424 g/mol. The van der Waals surface area contributed by atoms with E-state index in [1.165, 1.54) is 30.5 Å². The van der Waals surface area contributed by atoms with Crippen LogP contribution in [0.2, 0.25) is 5.02 Å². The van der Waals surface area contributed by atoms with Crippen molar-refractivity contribution in [1.82, 2.24) is 10.3 Å². The van der Waals surface area contributed by atoms with Gasteiger partial charge in [0.2, 0.25) is 0 Å². The highest BCUT2D eigenvalue weighted by molar-refractivity contribution is 6.31. The highest BCUT2D eigenvalue weighted by Gasteiger charge is 2.17. The quantitative estimate of drug-likeness (QED) is 0.509. The van der Waals surface area contributed by atoms with Crippen LogP contribution in [-0.4, -0.2) is 30.5 Å². The molecule has 3 aromatic rings. The van der Waals surface area contributed by atoms with Crippen molar-refractivity contribution >= 4 is 34.1 Å². The predicted molar refractivity (Wildman–Crippen MR) is 126 cm³/mol. The molecular weight excluding hydrogens is 394 g/mol. The molecule has 1 fully saturated rings. The van der Waals surface area contributed by atoms with Gasteiger partial charge in [0.05, 0.1) is 0 Å². The Morgan fingerprint density at radius 2 is 1.83 bits per heavy atom. The minimum atomic E-state index is -0.0456. The zero-order valence-electron chi connectivity index (χ0n) is 17.6. The Morgan fingerprint density at radius 3 is 2.57 bits per heavy atom. The van der Waals surface area contributed by atoms with Gasteiger partial charge < -0.3 is 15.2 Å². The molecule has 0 radical (unpaired) electrons. The maximum Gasteiger partial charge on any atom is 0.268 e. The van der Waals surface area contributed by atoms with Gasteiger partial charge in [-0.2, -0.15) is 0 Å². The van der Waals surface area contributed by atoms with Crippen LogP contribution >= 0.6 is 11.6 Å². The average Bonchev–Trinajstić information content (AvgIpc) is 3.13. The minimum absolute atomic E-state index is 0.0456. The number of hydrogen-bond donors (Lipinski definition) is 2. The molecule has 1 saturated heterocycles. The Hall–Kier alpha value is -2.46. The van der Waals surface area contributed by atoms with E-state index in [1.807, 2.05) is 18.2 Å². The molecule has 1 aliphatic heterocycles. The van der Waals surface area contributed by atoms with Crippen LogP contribution in [0.4, 0.5) is 5.69 Å². The number of hydrogen-bond acceptors (Lipinski definition) is 2. The molecule has 4 rings (SSSR count). The first-order valence-electron chi connectivity index (χ1n) is 11.1. The predicted octanol–water partition coefficient (Wildman–Crippen LogP) is 5.74. The standard InChI is InChI=1S/C25H30ClN3O/c1-2-6-21-22-17-19(26)9-12-23(22)28-24(21)25(30)27-14-13-18-7-10-20(11-8-18)29-15-4-3-5-16-29/h7-12,17,28H,2-6,13-16H2,1H3,(H,27,30). The van der Waals surface area contributed by atoms with E-state index in [1.54, 1.807) is 0 Å². The number of amides is 1. The van der Waals surface area contributed by atoms with Crippen LogP contribution in [0.25, 0.3) is 10.9 Å². The molecular formula is C25H30ClN3O. The fourth-order valence-corrected chi connectivity index (χ4v) is 4.53. The van der Waals surface area contributed by atoms with Crippen LogP contribution in [0.15, 0.2) is 42.5 Å². The smallest absolute Gasteiger partial charge is 0.268 e. The summed E-state index contributed by atoms with van der Waals surface area (Å²) in [6.45, 7) is 5.05. The van der Waals surface area contributed by atoms with Crippen molar-refractivity contribution in [3.05, 3.63) is 64.3 Å². The number of H-pyrrole nitrogens is 1. The van der Waals surface area contributed by atoms with Gasteiger partial charge in [0.25, 0.3) is 5.91 Å². The van der Waals surface area contributed by atoms with E-state index in [9.17, 15) is 4.79 Å². The number of benzene rings is 2. The third kappa shape index (κ3) is 4.65. The van der Waals surface area contributed by atoms with Crippen LogP contribution in [0.3, 0.4) is 0 Å². The normalized spacial score (nSPS) is 14.3. The Labute approximate surface area is 183 Å². The number of aryl methyl sites for hydroxylation is 1. The molecule has 30 heavy (non-hydrogen) atoms. The molecule has 2 heterocycles. The van der Waals surface area contributed by atoms with E-state index < -0.39 is 0 Å². The summed E-state index contributed by atoms with van der Waals surface area (Å²) in [6.07, 6.45) is 6.56. The van der Waals surface area contributed by atoms with Crippen molar-refractivity contribution in [2.45, 2.75) is 45.4 Å². The maximum absolute atomic E-state index is 12.9. The third-order valence-corrected chi connectivity index (χ3v) is 6.19. The van der Waals surface area contributed by atoms with Crippen molar-refractivity contribution in [2.24, 2.45) is 0 Å². The van der Waals surface area contributed by atoms with Gasteiger partial charge >= 0.3 is 0 Å². The molecule has 1 aliphatic rings. The molecule has 5 heteroatoms. The van der Waals surface area contributed by atoms with Crippen molar-refractivity contribution < 1.29 is 4.79 Å². The van der Waals surface area contributed by atoms with E-state index in [0.717, 1.165) is 48.8 Å². The lowest BCUT2D eigenvalue weighted by Gasteiger charge is -2.28. The summed E-state index contributed by atoms with van der Waals surface area (Å²) in [4.78, 5) is 18.6. The second-order valence-corrected chi connectivity index (χ2v) is 8.57. The summed E-state index contributed by atoms with van der Waals surface area (Å²) in [5.74, 6) is -0.0456. The first-order valence-corrected chi connectivity index (χ1v) is 11.5. The summed E-state index contributed by atoms with van der Waals surface area (Å²) in [7, 11) is 0. The third-order valence-electron chi connectivity index (χ3n) is 5.95. The number of carbonyl (C=O) groups excluding carboxylic acids is 1. The number of nitrogens with one attached hydrogen (secondary N) is 2. The van der Waals surface area contributed by atoms with Gasteiger partial charge in [-0.3, -0.25) is 4.79 Å². The summed E-state index contributed by atoms with van der Waals surface area (Å²) in [6, 6.07) is 14.5. The Bertz CT molecular complexity index is 1000. The Morgan fingerprint density at radius 1 is 1.07 bits per heavy atom. The molecule has 0 saturated carbocycles. The van der Waals surface area contributed by atoms with Gasteiger partial charge in [0.1, 0.15) is 5.69 Å². The minimum Gasteiger partial charge on any atom is -0.372 e. The van der Waals surface area contributed by atoms with Crippen molar-refractivity contribution in [2.75, 3.05) is 24.5 Å². The lowest BCUT2D eigenvalue weighted by molar-refractivity contribution is 0.0949. The zero-order valence-corrected chi connectivity index (χ0v) is 18.4. The summed E-state index contributed by atoms with van der Waals surface area (Å²) < 4.78 is 0. The zero-order chi connectivity index (χ0) is 20.9. The lowest BCUT2D eigenvalue weighted by Crippen LogP contribution is -2.29. The second-order valence-electron chi connectivity index (χ2n) is 8.14. The number of fused-ring (bicyclic) bond motifs is 1. The van der Waals surface area contributed by atoms with Crippen molar-refractivity contribution in [3.8, 4) is 0 Å². The number of aromatic amines is 1. The molecule has 0 atom stereocenters. The highest BCUT2D eigenvalue weighted by atomic mass is 35.5.